The number of nitrogens with zero attached hydrogens (tertiary/aromatic N) is 1. The molecule has 3 amide bonds. The molecule has 1 atom stereocenters. The van der Waals surface area contributed by atoms with Crippen LogP contribution in [0, 0.1) is 0 Å². The normalized spacial score (nSPS) is 26.8. The highest BCUT2D eigenvalue weighted by atomic mass is 19.1. The van der Waals surface area contributed by atoms with Crippen molar-refractivity contribution in [1.82, 2.24) is 15.5 Å². The third-order valence-corrected chi connectivity index (χ3v) is 4.90. The van der Waals surface area contributed by atoms with Crippen LogP contribution in [-0.2, 0) is 29.1 Å². The second-order valence-corrected chi connectivity index (χ2v) is 6.18. The fourth-order valence-electron chi connectivity index (χ4n) is 3.61. The zero-order chi connectivity index (χ0) is 16.2. The maximum atomic E-state index is 15.2. The number of alkyl halides is 1. The third-order valence-electron chi connectivity index (χ3n) is 4.90. The fraction of sp³-hybridized carbons (Fsp3) is 0.438. The number of carbonyl (C=O) groups excluding carboxylic acids is 3. The van der Waals surface area contributed by atoms with E-state index in [0.717, 1.165) is 34.6 Å². The molecule has 0 spiro atoms. The molecule has 0 saturated carbocycles. The monoisotopic (exact) mass is 317 g/mol. The van der Waals surface area contributed by atoms with Crippen molar-refractivity contribution in [2.75, 3.05) is 6.54 Å². The van der Waals surface area contributed by atoms with Crippen LogP contribution in [0.3, 0.4) is 0 Å². The van der Waals surface area contributed by atoms with Gasteiger partial charge in [0.15, 0.2) is 0 Å². The zero-order valence-corrected chi connectivity index (χ0v) is 12.4. The number of amides is 3. The van der Waals surface area contributed by atoms with Gasteiger partial charge in [0.2, 0.25) is 5.91 Å². The molecule has 0 aromatic heterocycles. The molecule has 0 radical (unpaired) electrons. The zero-order valence-electron chi connectivity index (χ0n) is 12.4. The van der Waals surface area contributed by atoms with Crippen molar-refractivity contribution in [1.29, 1.82) is 0 Å². The summed E-state index contributed by atoms with van der Waals surface area (Å²) < 4.78 is 15.2. The fourth-order valence-corrected chi connectivity index (χ4v) is 3.61. The summed E-state index contributed by atoms with van der Waals surface area (Å²) in [6.45, 7) is 1.59. The molecule has 1 aromatic carbocycles. The highest BCUT2D eigenvalue weighted by molar-refractivity contribution is 6.07. The van der Waals surface area contributed by atoms with Crippen LogP contribution in [0.25, 0.3) is 0 Å². The van der Waals surface area contributed by atoms with E-state index in [1.165, 1.54) is 0 Å². The summed E-state index contributed by atoms with van der Waals surface area (Å²) in [6.07, 6.45) is 0.465. The van der Waals surface area contributed by atoms with Gasteiger partial charge in [0.25, 0.3) is 17.6 Å². The molecule has 6 nitrogen and oxygen atoms in total. The maximum Gasteiger partial charge on any atom is 0.285 e. The molecule has 4 rings (SSSR count). The largest absolute Gasteiger partial charge is 0.312 e. The number of hydrogen-bond donors (Lipinski definition) is 2. The SMILES string of the molecule is O=C1CCC(F)(N2Cc3c(ccc4c3CNCC4)C2=O)C(=O)N1. The molecule has 23 heavy (non-hydrogen) atoms. The Morgan fingerprint density at radius 1 is 1.13 bits per heavy atom. The first-order valence-electron chi connectivity index (χ1n) is 7.70. The van der Waals surface area contributed by atoms with E-state index in [9.17, 15) is 14.4 Å². The highest BCUT2D eigenvalue weighted by Gasteiger charge is 2.53. The molecule has 7 heteroatoms. The van der Waals surface area contributed by atoms with E-state index in [2.05, 4.69) is 5.32 Å². The van der Waals surface area contributed by atoms with E-state index in [1.54, 1.807) is 6.07 Å². The lowest BCUT2D eigenvalue weighted by atomic mass is 9.93. The van der Waals surface area contributed by atoms with Crippen molar-refractivity contribution < 1.29 is 18.8 Å². The van der Waals surface area contributed by atoms with Crippen LogP contribution in [0.2, 0.25) is 0 Å². The number of rotatable bonds is 1. The first-order chi connectivity index (χ1) is 11.0. The van der Waals surface area contributed by atoms with Crippen molar-refractivity contribution in [3.63, 3.8) is 0 Å². The number of benzene rings is 1. The average Bonchev–Trinajstić information content (AvgIpc) is 2.89. The van der Waals surface area contributed by atoms with Crippen molar-refractivity contribution in [2.45, 2.75) is 38.1 Å². The van der Waals surface area contributed by atoms with Gasteiger partial charge in [-0.15, -0.1) is 0 Å². The van der Waals surface area contributed by atoms with Gasteiger partial charge in [-0.25, -0.2) is 4.39 Å². The number of carbonyl (C=O) groups is 3. The lowest BCUT2D eigenvalue weighted by Crippen LogP contribution is -2.60. The van der Waals surface area contributed by atoms with Crippen LogP contribution in [-0.4, -0.2) is 35.0 Å². The van der Waals surface area contributed by atoms with Crippen LogP contribution in [0.1, 0.15) is 39.9 Å². The maximum absolute atomic E-state index is 15.2. The van der Waals surface area contributed by atoms with Crippen LogP contribution in [0.5, 0.6) is 0 Å². The van der Waals surface area contributed by atoms with E-state index in [4.69, 9.17) is 0 Å². The van der Waals surface area contributed by atoms with E-state index in [0.29, 0.717) is 12.1 Å². The Bertz CT molecular complexity index is 748. The first kappa shape index (κ1) is 14.3. The van der Waals surface area contributed by atoms with Crippen LogP contribution < -0.4 is 10.6 Å². The minimum Gasteiger partial charge on any atom is -0.312 e. The number of halogens is 1. The molecule has 1 saturated heterocycles. The van der Waals surface area contributed by atoms with Crippen LogP contribution in [0.15, 0.2) is 12.1 Å². The molecule has 3 heterocycles. The minimum atomic E-state index is -2.46. The summed E-state index contributed by atoms with van der Waals surface area (Å²) in [5.41, 5.74) is 3.43. The number of nitrogens with one attached hydrogen (secondary N) is 2. The standard InChI is InChI=1S/C16H16FN3O3/c17-16(5-3-13(21)19-15(16)23)20-8-12-10(14(20)22)2-1-9-4-6-18-7-11(9)12/h1-2,18H,3-8H2,(H,19,21,23). The van der Waals surface area contributed by atoms with E-state index in [1.807, 2.05) is 11.4 Å². The Labute approximate surface area is 132 Å². The second-order valence-electron chi connectivity index (χ2n) is 6.18. The lowest BCUT2D eigenvalue weighted by molar-refractivity contribution is -0.154. The molecular weight excluding hydrogens is 301 g/mol. The van der Waals surface area contributed by atoms with Gasteiger partial charge in [0, 0.05) is 24.9 Å². The summed E-state index contributed by atoms with van der Waals surface area (Å²) in [6, 6.07) is 3.63. The molecule has 0 aliphatic carbocycles. The van der Waals surface area contributed by atoms with Crippen LogP contribution >= 0.6 is 0 Å². The quantitative estimate of drug-likeness (QED) is 0.580. The molecule has 2 N–H and O–H groups in total. The van der Waals surface area contributed by atoms with Crippen molar-refractivity contribution in [2.24, 2.45) is 0 Å². The Balaban J connectivity index is 1.72. The Morgan fingerprint density at radius 3 is 2.74 bits per heavy atom. The smallest absolute Gasteiger partial charge is 0.285 e. The molecule has 3 aliphatic rings. The molecular formula is C16H16FN3O3. The van der Waals surface area contributed by atoms with Crippen molar-refractivity contribution in [3.8, 4) is 0 Å². The molecule has 1 aromatic rings. The number of hydrogen-bond acceptors (Lipinski definition) is 4. The Morgan fingerprint density at radius 2 is 1.96 bits per heavy atom. The number of fused-ring (bicyclic) bond motifs is 3. The predicted octanol–water partition coefficient (Wildman–Crippen LogP) is 0.390. The van der Waals surface area contributed by atoms with Gasteiger partial charge >= 0.3 is 0 Å². The van der Waals surface area contributed by atoms with Crippen molar-refractivity contribution in [3.05, 3.63) is 34.4 Å². The predicted molar refractivity (Wildman–Crippen MR) is 77.9 cm³/mol. The number of piperidine rings is 1. The first-order valence-corrected chi connectivity index (χ1v) is 7.70. The molecule has 1 fully saturated rings. The van der Waals surface area contributed by atoms with Gasteiger partial charge in [-0.1, -0.05) is 6.07 Å². The highest BCUT2D eigenvalue weighted by Crippen LogP contribution is 2.37. The van der Waals surface area contributed by atoms with E-state index in [-0.39, 0.29) is 19.4 Å². The van der Waals surface area contributed by atoms with Gasteiger partial charge in [-0.3, -0.25) is 24.6 Å². The molecule has 3 aliphatic heterocycles. The topological polar surface area (TPSA) is 78.5 Å². The summed E-state index contributed by atoms with van der Waals surface area (Å²) >= 11 is 0. The summed E-state index contributed by atoms with van der Waals surface area (Å²) in [7, 11) is 0. The van der Waals surface area contributed by atoms with Crippen LogP contribution in [0.4, 0.5) is 4.39 Å². The van der Waals surface area contributed by atoms with Crippen molar-refractivity contribution >= 4 is 17.7 Å². The lowest BCUT2D eigenvalue weighted by Gasteiger charge is -2.35. The van der Waals surface area contributed by atoms with Gasteiger partial charge in [0.05, 0.1) is 6.54 Å². The molecule has 120 valence electrons. The van der Waals surface area contributed by atoms with E-state index < -0.39 is 23.5 Å². The van der Waals surface area contributed by atoms with E-state index >= 15 is 4.39 Å². The Kier molecular flexibility index (Phi) is 3.02. The van der Waals surface area contributed by atoms with Gasteiger partial charge < -0.3 is 5.32 Å². The summed E-state index contributed by atoms with van der Waals surface area (Å²) in [5, 5.41) is 5.25. The average molecular weight is 317 g/mol. The molecule has 0 bridgehead atoms. The number of imide groups is 1. The third kappa shape index (κ3) is 1.99. The van der Waals surface area contributed by atoms with Gasteiger partial charge in [-0.05, 0) is 35.7 Å². The minimum absolute atomic E-state index is 0.0666. The van der Waals surface area contributed by atoms with Gasteiger partial charge in [-0.2, -0.15) is 0 Å². The van der Waals surface area contributed by atoms with Gasteiger partial charge in [0.1, 0.15) is 0 Å². The summed E-state index contributed by atoms with van der Waals surface area (Å²) in [5.74, 6) is -4.49. The molecule has 1 unspecified atom stereocenters. The summed E-state index contributed by atoms with van der Waals surface area (Å²) in [4.78, 5) is 36.8. The second kappa shape index (κ2) is 4.86. The Hall–Kier alpha value is -2.28.